The van der Waals surface area contributed by atoms with Crippen molar-refractivity contribution < 1.29 is 9.18 Å². The van der Waals surface area contributed by atoms with Crippen LogP contribution in [0.3, 0.4) is 0 Å². The number of carbonyl (C=O) groups excluding carboxylic acids is 1. The Morgan fingerprint density at radius 1 is 1.56 bits per heavy atom. The molecule has 4 heteroatoms. The molecule has 0 radical (unpaired) electrons. The third kappa shape index (κ3) is 3.22. The van der Waals surface area contributed by atoms with Crippen LogP contribution in [0, 0.1) is 11.7 Å². The van der Waals surface area contributed by atoms with Gasteiger partial charge in [0.05, 0.1) is 5.69 Å². The lowest BCUT2D eigenvalue weighted by Gasteiger charge is -2.11. The van der Waals surface area contributed by atoms with E-state index >= 15 is 0 Å². The first-order valence-electron chi connectivity index (χ1n) is 5.40. The fourth-order valence-corrected chi connectivity index (χ4v) is 1.43. The molecule has 0 aliphatic rings. The van der Waals surface area contributed by atoms with E-state index in [2.05, 4.69) is 5.32 Å². The van der Waals surface area contributed by atoms with Crippen LogP contribution in [0.25, 0.3) is 0 Å². The van der Waals surface area contributed by atoms with E-state index in [-0.39, 0.29) is 17.5 Å². The van der Waals surface area contributed by atoms with Gasteiger partial charge >= 0.3 is 0 Å². The molecule has 1 unspecified atom stereocenters. The highest BCUT2D eigenvalue weighted by atomic mass is 19.1. The number of hydrogen-bond acceptors (Lipinski definition) is 2. The standard InChI is InChI=1S/C12H17FN2O/c1-3-4-8(2)12(16)15-9-5-6-11(14)10(13)7-9/h5-8H,3-4,14H2,1-2H3,(H,15,16). The van der Waals surface area contributed by atoms with Gasteiger partial charge in [0.1, 0.15) is 5.82 Å². The normalized spacial score (nSPS) is 12.2. The first-order chi connectivity index (χ1) is 7.54. The Bertz CT molecular complexity index is 379. The Morgan fingerprint density at radius 3 is 2.81 bits per heavy atom. The van der Waals surface area contributed by atoms with Crippen LogP contribution in [0.2, 0.25) is 0 Å². The highest BCUT2D eigenvalue weighted by Crippen LogP contribution is 2.17. The third-order valence-corrected chi connectivity index (χ3v) is 2.44. The number of halogens is 1. The lowest BCUT2D eigenvalue weighted by Crippen LogP contribution is -2.20. The van der Waals surface area contributed by atoms with Gasteiger partial charge in [-0.25, -0.2) is 4.39 Å². The number of rotatable bonds is 4. The minimum atomic E-state index is -0.513. The maximum absolute atomic E-state index is 13.1. The predicted octanol–water partition coefficient (Wildman–Crippen LogP) is 2.78. The quantitative estimate of drug-likeness (QED) is 0.773. The van der Waals surface area contributed by atoms with Gasteiger partial charge in [0.25, 0.3) is 0 Å². The Balaban J connectivity index is 2.66. The number of amides is 1. The zero-order chi connectivity index (χ0) is 12.1. The van der Waals surface area contributed by atoms with E-state index in [0.29, 0.717) is 5.69 Å². The summed E-state index contributed by atoms with van der Waals surface area (Å²) >= 11 is 0. The van der Waals surface area contributed by atoms with Crippen LogP contribution in [0.15, 0.2) is 18.2 Å². The molecule has 0 spiro atoms. The van der Waals surface area contributed by atoms with Gasteiger partial charge in [-0.1, -0.05) is 20.3 Å². The molecule has 1 aromatic rings. The van der Waals surface area contributed by atoms with Crippen molar-refractivity contribution in [2.75, 3.05) is 11.1 Å². The number of benzene rings is 1. The van der Waals surface area contributed by atoms with Crippen LogP contribution in [-0.4, -0.2) is 5.91 Å². The Morgan fingerprint density at radius 2 is 2.25 bits per heavy atom. The molecule has 3 nitrogen and oxygen atoms in total. The fourth-order valence-electron chi connectivity index (χ4n) is 1.43. The van der Waals surface area contributed by atoms with Crippen molar-refractivity contribution in [3.63, 3.8) is 0 Å². The first-order valence-corrected chi connectivity index (χ1v) is 5.40. The SMILES string of the molecule is CCCC(C)C(=O)Nc1ccc(N)c(F)c1. The summed E-state index contributed by atoms with van der Waals surface area (Å²) in [6, 6.07) is 4.26. The van der Waals surface area contributed by atoms with Gasteiger partial charge in [0.15, 0.2) is 0 Å². The van der Waals surface area contributed by atoms with E-state index in [4.69, 9.17) is 5.73 Å². The average molecular weight is 224 g/mol. The Hall–Kier alpha value is -1.58. The van der Waals surface area contributed by atoms with Crippen molar-refractivity contribution in [3.05, 3.63) is 24.0 Å². The topological polar surface area (TPSA) is 55.1 Å². The van der Waals surface area contributed by atoms with Crippen LogP contribution in [0.1, 0.15) is 26.7 Å². The van der Waals surface area contributed by atoms with Crippen molar-refractivity contribution in [1.82, 2.24) is 0 Å². The minimum Gasteiger partial charge on any atom is -0.396 e. The third-order valence-electron chi connectivity index (χ3n) is 2.44. The van der Waals surface area contributed by atoms with Crippen molar-refractivity contribution in [3.8, 4) is 0 Å². The zero-order valence-corrected chi connectivity index (χ0v) is 9.59. The molecule has 1 aromatic carbocycles. The summed E-state index contributed by atoms with van der Waals surface area (Å²) in [4.78, 5) is 11.6. The van der Waals surface area contributed by atoms with Gasteiger partial charge in [-0.3, -0.25) is 4.79 Å². The zero-order valence-electron chi connectivity index (χ0n) is 9.59. The average Bonchev–Trinajstić information content (AvgIpc) is 2.24. The highest BCUT2D eigenvalue weighted by molar-refractivity contribution is 5.92. The molecule has 1 atom stereocenters. The van der Waals surface area contributed by atoms with Crippen LogP contribution >= 0.6 is 0 Å². The van der Waals surface area contributed by atoms with E-state index in [1.54, 1.807) is 6.07 Å². The van der Waals surface area contributed by atoms with Crippen molar-refractivity contribution >= 4 is 17.3 Å². The number of nitrogens with one attached hydrogen (secondary N) is 1. The van der Waals surface area contributed by atoms with E-state index in [0.717, 1.165) is 12.8 Å². The largest absolute Gasteiger partial charge is 0.396 e. The van der Waals surface area contributed by atoms with Crippen LogP contribution in [0.4, 0.5) is 15.8 Å². The summed E-state index contributed by atoms with van der Waals surface area (Å²) in [5.41, 5.74) is 5.87. The second-order valence-corrected chi connectivity index (χ2v) is 3.92. The second kappa shape index (κ2) is 5.49. The molecule has 1 rings (SSSR count). The second-order valence-electron chi connectivity index (χ2n) is 3.92. The van der Waals surface area contributed by atoms with Gasteiger partial charge in [-0.2, -0.15) is 0 Å². The van der Waals surface area contributed by atoms with E-state index in [9.17, 15) is 9.18 Å². The summed E-state index contributed by atoms with van der Waals surface area (Å²) in [5, 5.41) is 2.66. The van der Waals surface area contributed by atoms with E-state index < -0.39 is 5.82 Å². The number of nitrogen functional groups attached to an aromatic ring is 1. The van der Waals surface area contributed by atoms with Crippen LogP contribution < -0.4 is 11.1 Å². The number of nitrogens with two attached hydrogens (primary N) is 1. The summed E-state index contributed by atoms with van der Waals surface area (Å²) < 4.78 is 13.1. The van der Waals surface area contributed by atoms with E-state index in [1.807, 2.05) is 13.8 Å². The molecule has 0 aliphatic carbocycles. The van der Waals surface area contributed by atoms with Gasteiger partial charge in [-0.15, -0.1) is 0 Å². The minimum absolute atomic E-state index is 0.0642. The molecule has 3 N–H and O–H groups in total. The molecule has 0 aliphatic heterocycles. The highest BCUT2D eigenvalue weighted by Gasteiger charge is 2.12. The monoisotopic (exact) mass is 224 g/mol. The smallest absolute Gasteiger partial charge is 0.227 e. The molecular formula is C12H17FN2O. The van der Waals surface area contributed by atoms with Crippen molar-refractivity contribution in [1.29, 1.82) is 0 Å². The number of anilines is 2. The van der Waals surface area contributed by atoms with Crippen molar-refractivity contribution in [2.24, 2.45) is 5.92 Å². The fraction of sp³-hybridized carbons (Fsp3) is 0.417. The molecule has 16 heavy (non-hydrogen) atoms. The van der Waals surface area contributed by atoms with Gasteiger partial charge < -0.3 is 11.1 Å². The molecule has 0 aromatic heterocycles. The molecule has 88 valence electrons. The predicted molar refractivity (Wildman–Crippen MR) is 63.5 cm³/mol. The first kappa shape index (κ1) is 12.5. The van der Waals surface area contributed by atoms with Gasteiger partial charge in [0, 0.05) is 11.6 Å². The Kier molecular flexibility index (Phi) is 4.28. The van der Waals surface area contributed by atoms with Crippen molar-refractivity contribution in [2.45, 2.75) is 26.7 Å². The lowest BCUT2D eigenvalue weighted by atomic mass is 10.1. The molecular weight excluding hydrogens is 207 g/mol. The molecule has 0 fully saturated rings. The molecule has 0 saturated heterocycles. The molecule has 0 bridgehead atoms. The van der Waals surface area contributed by atoms with Crippen LogP contribution in [0.5, 0.6) is 0 Å². The lowest BCUT2D eigenvalue weighted by molar-refractivity contribution is -0.119. The summed E-state index contributed by atoms with van der Waals surface area (Å²) in [5.74, 6) is -0.669. The maximum atomic E-state index is 13.1. The summed E-state index contributed by atoms with van der Waals surface area (Å²) in [6.45, 7) is 3.87. The van der Waals surface area contributed by atoms with E-state index in [1.165, 1.54) is 12.1 Å². The van der Waals surface area contributed by atoms with Gasteiger partial charge in [0.2, 0.25) is 5.91 Å². The maximum Gasteiger partial charge on any atom is 0.227 e. The Labute approximate surface area is 94.8 Å². The summed E-state index contributed by atoms with van der Waals surface area (Å²) in [6.07, 6.45) is 1.77. The van der Waals surface area contributed by atoms with Crippen LogP contribution in [-0.2, 0) is 4.79 Å². The molecule has 0 heterocycles. The summed E-state index contributed by atoms with van der Waals surface area (Å²) in [7, 11) is 0. The van der Waals surface area contributed by atoms with Gasteiger partial charge in [-0.05, 0) is 24.6 Å². The number of carbonyl (C=O) groups is 1. The molecule has 0 saturated carbocycles. The molecule has 1 amide bonds. The number of hydrogen-bond donors (Lipinski definition) is 2.